The molecular weight excluding hydrogens is 468 g/mol. The van der Waals surface area contributed by atoms with Crippen molar-refractivity contribution in [2.24, 2.45) is 22.9 Å². The highest BCUT2D eigenvalue weighted by atomic mass is 32.1. The molecule has 4 aromatic rings. The molecule has 4 aliphatic rings. The predicted molar refractivity (Wildman–Crippen MR) is 146 cm³/mol. The molecule has 0 saturated heterocycles. The molecular formula is C29H28N4S2. The van der Waals surface area contributed by atoms with Crippen molar-refractivity contribution in [1.82, 2.24) is 9.97 Å². The van der Waals surface area contributed by atoms with Crippen LogP contribution in [-0.2, 0) is 5.41 Å². The molecule has 0 radical (unpaired) electrons. The Bertz CT molecular complexity index is 1320. The number of aromatic nitrogens is 2. The lowest BCUT2D eigenvalue weighted by Crippen LogP contribution is -2.48. The number of thiazole rings is 2. The van der Waals surface area contributed by atoms with E-state index in [1.165, 1.54) is 49.8 Å². The van der Waals surface area contributed by atoms with Crippen molar-refractivity contribution in [1.29, 1.82) is 0 Å². The molecule has 4 saturated carbocycles. The van der Waals surface area contributed by atoms with E-state index in [-0.39, 0.29) is 0 Å². The van der Waals surface area contributed by atoms with Gasteiger partial charge in [0.25, 0.3) is 0 Å². The molecule has 2 aromatic carbocycles. The van der Waals surface area contributed by atoms with Crippen LogP contribution in [0.3, 0.4) is 0 Å². The molecule has 0 amide bonds. The predicted octanol–water partition coefficient (Wildman–Crippen LogP) is 7.85. The van der Waals surface area contributed by atoms with Crippen molar-refractivity contribution in [3.05, 3.63) is 76.6 Å². The molecule has 4 bridgehead atoms. The van der Waals surface area contributed by atoms with Crippen LogP contribution in [0.2, 0.25) is 0 Å². The van der Waals surface area contributed by atoms with Gasteiger partial charge in [-0.05, 0) is 61.8 Å². The average molecular weight is 497 g/mol. The van der Waals surface area contributed by atoms with Crippen LogP contribution < -0.4 is 5.43 Å². The molecule has 2 heterocycles. The van der Waals surface area contributed by atoms with Gasteiger partial charge in [-0.3, -0.25) is 5.43 Å². The summed E-state index contributed by atoms with van der Waals surface area (Å²) in [5.74, 6) is 2.86. The fourth-order valence-electron chi connectivity index (χ4n) is 7.01. The maximum atomic E-state index is 5.19. The number of hydrogen-bond donors (Lipinski definition) is 1. The van der Waals surface area contributed by atoms with Crippen molar-refractivity contribution in [2.75, 3.05) is 5.43 Å². The number of benzene rings is 2. The van der Waals surface area contributed by atoms with Crippen LogP contribution in [0.25, 0.3) is 21.8 Å². The highest BCUT2D eigenvalue weighted by Crippen LogP contribution is 2.60. The van der Waals surface area contributed by atoms with Crippen LogP contribution in [0.1, 0.15) is 49.8 Å². The van der Waals surface area contributed by atoms with Gasteiger partial charge in [0.2, 0.25) is 5.13 Å². The van der Waals surface area contributed by atoms with Gasteiger partial charge in [0.1, 0.15) is 5.01 Å². The zero-order valence-electron chi connectivity index (χ0n) is 19.6. The van der Waals surface area contributed by atoms with Gasteiger partial charge in [0.15, 0.2) is 0 Å². The zero-order chi connectivity index (χ0) is 23.2. The first-order valence-corrected chi connectivity index (χ1v) is 14.3. The minimum absolute atomic E-state index is 0.373. The summed E-state index contributed by atoms with van der Waals surface area (Å²) in [5, 5.41) is 10.7. The first-order valence-electron chi connectivity index (χ1n) is 12.6. The Morgan fingerprint density at radius 2 is 1.51 bits per heavy atom. The van der Waals surface area contributed by atoms with E-state index in [9.17, 15) is 0 Å². The minimum atomic E-state index is 0.373. The summed E-state index contributed by atoms with van der Waals surface area (Å²) in [5.41, 5.74) is 9.15. The minimum Gasteiger partial charge on any atom is -0.253 e. The maximum Gasteiger partial charge on any atom is 0.203 e. The number of anilines is 1. The summed E-state index contributed by atoms with van der Waals surface area (Å²) in [6.45, 7) is 0. The summed E-state index contributed by atoms with van der Waals surface area (Å²) in [6.07, 6.45) is 10.4. The Morgan fingerprint density at radius 3 is 2.23 bits per heavy atom. The zero-order valence-corrected chi connectivity index (χ0v) is 21.2. The number of hydrogen-bond acceptors (Lipinski definition) is 6. The van der Waals surface area contributed by atoms with Gasteiger partial charge in [-0.2, -0.15) is 5.10 Å². The van der Waals surface area contributed by atoms with Crippen molar-refractivity contribution in [3.63, 3.8) is 0 Å². The van der Waals surface area contributed by atoms with E-state index in [1.807, 2.05) is 41.1 Å². The van der Waals surface area contributed by atoms with Gasteiger partial charge in [0, 0.05) is 27.3 Å². The second-order valence-corrected chi connectivity index (χ2v) is 12.3. The van der Waals surface area contributed by atoms with Crippen LogP contribution >= 0.6 is 22.7 Å². The summed E-state index contributed by atoms with van der Waals surface area (Å²) >= 11 is 3.37. The molecule has 0 aliphatic heterocycles. The molecule has 35 heavy (non-hydrogen) atoms. The lowest BCUT2D eigenvalue weighted by Gasteiger charge is -2.56. The van der Waals surface area contributed by atoms with E-state index < -0.39 is 0 Å². The standard InChI is InChI=1S/C29H28N4S2/c1-2-4-23(5-3-1)25-17-35-28(31-25)33-30-16-19-6-8-24(9-7-19)27-32-26(18-34-27)29-13-20-10-21(14-29)12-22(11-20)15-29/h1-9,16-18,20-22H,10-15H2,(H,31,33). The van der Waals surface area contributed by atoms with Gasteiger partial charge in [-0.15, -0.1) is 22.7 Å². The van der Waals surface area contributed by atoms with Gasteiger partial charge < -0.3 is 0 Å². The van der Waals surface area contributed by atoms with E-state index in [0.29, 0.717) is 5.41 Å². The molecule has 2 aromatic heterocycles. The first-order chi connectivity index (χ1) is 17.2. The fraction of sp³-hybridized carbons (Fsp3) is 0.345. The Kier molecular flexibility index (Phi) is 5.32. The Hall–Kier alpha value is -2.83. The number of nitrogens with zero attached hydrogens (tertiary/aromatic N) is 3. The average Bonchev–Trinajstić information content (AvgIpc) is 3.55. The Labute approximate surface area is 214 Å². The second-order valence-electron chi connectivity index (χ2n) is 10.6. The highest BCUT2D eigenvalue weighted by molar-refractivity contribution is 7.14. The maximum absolute atomic E-state index is 5.19. The van der Waals surface area contributed by atoms with Crippen molar-refractivity contribution >= 4 is 34.0 Å². The molecule has 0 spiro atoms. The SMILES string of the molecule is C(=NNc1nc(-c2ccccc2)cs1)c1ccc(-c2nc(C34CC5CC(CC(C5)C3)C4)cs2)cc1. The van der Waals surface area contributed by atoms with Crippen molar-refractivity contribution < 1.29 is 0 Å². The number of hydrazone groups is 1. The lowest BCUT2D eigenvalue weighted by atomic mass is 9.49. The monoisotopic (exact) mass is 496 g/mol. The third kappa shape index (κ3) is 4.13. The molecule has 4 fully saturated rings. The molecule has 176 valence electrons. The third-order valence-corrected chi connectivity index (χ3v) is 9.83. The number of rotatable bonds is 6. The van der Waals surface area contributed by atoms with Gasteiger partial charge in [-0.25, -0.2) is 9.97 Å². The number of nitrogens with one attached hydrogen (secondary N) is 1. The van der Waals surface area contributed by atoms with Crippen LogP contribution in [0.4, 0.5) is 5.13 Å². The fourth-order valence-corrected chi connectivity index (χ4v) is 8.63. The topological polar surface area (TPSA) is 50.2 Å². The molecule has 6 heteroatoms. The van der Waals surface area contributed by atoms with Gasteiger partial charge in [0.05, 0.1) is 17.6 Å². The van der Waals surface area contributed by atoms with Crippen LogP contribution in [0.15, 0.2) is 70.5 Å². The van der Waals surface area contributed by atoms with Crippen LogP contribution in [0, 0.1) is 17.8 Å². The van der Waals surface area contributed by atoms with E-state index in [0.717, 1.165) is 44.7 Å². The van der Waals surface area contributed by atoms with Crippen LogP contribution in [-0.4, -0.2) is 16.2 Å². The molecule has 4 aliphatic carbocycles. The third-order valence-electron chi connectivity index (χ3n) is 8.19. The van der Waals surface area contributed by atoms with E-state index in [4.69, 9.17) is 4.98 Å². The Morgan fingerprint density at radius 1 is 0.800 bits per heavy atom. The first kappa shape index (κ1) is 21.5. The Balaban J connectivity index is 1.02. The van der Waals surface area contributed by atoms with E-state index in [2.05, 4.69) is 57.3 Å². The van der Waals surface area contributed by atoms with Crippen molar-refractivity contribution in [3.8, 4) is 21.8 Å². The molecule has 1 N–H and O–H groups in total. The molecule has 8 rings (SSSR count). The van der Waals surface area contributed by atoms with E-state index in [1.54, 1.807) is 11.3 Å². The second kappa shape index (κ2) is 8.68. The quantitative estimate of drug-likeness (QED) is 0.218. The molecule has 0 atom stereocenters. The molecule has 4 nitrogen and oxygen atoms in total. The van der Waals surface area contributed by atoms with Gasteiger partial charge in [-0.1, -0.05) is 54.6 Å². The summed E-state index contributed by atoms with van der Waals surface area (Å²) < 4.78 is 0. The largest absolute Gasteiger partial charge is 0.253 e. The lowest BCUT2D eigenvalue weighted by molar-refractivity contribution is -0.00689. The summed E-state index contributed by atoms with van der Waals surface area (Å²) in [6, 6.07) is 18.8. The summed E-state index contributed by atoms with van der Waals surface area (Å²) in [4.78, 5) is 9.82. The molecule has 0 unspecified atom stereocenters. The van der Waals surface area contributed by atoms with E-state index >= 15 is 0 Å². The van der Waals surface area contributed by atoms with Gasteiger partial charge >= 0.3 is 0 Å². The van der Waals surface area contributed by atoms with Crippen LogP contribution in [0.5, 0.6) is 0 Å². The smallest absolute Gasteiger partial charge is 0.203 e. The van der Waals surface area contributed by atoms with Crippen molar-refractivity contribution in [2.45, 2.75) is 43.9 Å². The summed E-state index contributed by atoms with van der Waals surface area (Å²) in [7, 11) is 0. The highest BCUT2D eigenvalue weighted by Gasteiger charge is 2.52. The normalized spacial score (nSPS) is 27.0.